The molecule has 6 aromatic carbocycles. The molecule has 13 rings (SSSR count). The maximum atomic E-state index is 12.2. The number of piperidine rings is 4. The van der Waals surface area contributed by atoms with Crippen molar-refractivity contribution in [3.63, 3.8) is 0 Å². The highest BCUT2D eigenvalue weighted by Crippen LogP contribution is 2.42. The predicted molar refractivity (Wildman–Crippen MR) is 457 cm³/mol. The SMILES string of the molecule is C#CCOCCOCCOCCOc1cccc(-c2cc(C#N)cc(OC3CCN(C(=O)C=C)CC3)c2)c1OC.C=CC(=O)N1C2CCC1CC(Oc1cc(C#N)cc(-c3ccccc3OC)c1)C2.C=CC(=O)N1CCC(Oc2cc(C#N)cc(-c3ccccc3OC)n2)CC1.C=CC(=O)N1CCC(Oc2cnnc(-c3ccccc3OC)c2)CC1. The number of carbonyl (C=O) groups excluding carboxylic acids is 4. The number of hydrogen-bond donors (Lipinski definition) is 0. The molecule has 0 aliphatic carbocycles. The number of likely N-dealkylation sites (tertiary alicyclic amines) is 3. The van der Waals surface area contributed by atoms with E-state index in [0.717, 1.165) is 83.4 Å². The van der Waals surface area contributed by atoms with Gasteiger partial charge in [-0.3, -0.25) is 19.2 Å². The molecule has 2 bridgehead atoms. The minimum absolute atomic E-state index is 0.0147. The fourth-order valence-corrected chi connectivity index (χ4v) is 14.9. The highest BCUT2D eigenvalue weighted by atomic mass is 16.6. The van der Waals surface area contributed by atoms with Gasteiger partial charge in [-0.1, -0.05) is 86.8 Å². The zero-order valence-corrected chi connectivity index (χ0v) is 68.9. The molecular weight excluding hydrogens is 1540 g/mol. The average molecular weight is 1640 g/mol. The molecule has 5 aliphatic rings. The Hall–Kier alpha value is -13.5. The van der Waals surface area contributed by atoms with Crippen LogP contribution in [0.4, 0.5) is 0 Å². The summed E-state index contributed by atoms with van der Waals surface area (Å²) >= 11 is 0. The molecule has 2 unspecified atom stereocenters. The van der Waals surface area contributed by atoms with E-state index in [-0.39, 0.29) is 66.7 Å². The van der Waals surface area contributed by atoms with Crippen LogP contribution >= 0.6 is 0 Å². The first-order chi connectivity index (χ1) is 59.1. The minimum Gasteiger partial charge on any atom is -0.496 e. The Morgan fingerprint density at radius 1 is 0.438 bits per heavy atom. The van der Waals surface area contributed by atoms with Crippen molar-refractivity contribution in [2.24, 2.45) is 0 Å². The van der Waals surface area contributed by atoms with E-state index in [1.807, 2.05) is 120 Å². The largest absolute Gasteiger partial charge is 0.496 e. The summed E-state index contributed by atoms with van der Waals surface area (Å²) < 4.78 is 68.7. The first-order valence-corrected chi connectivity index (χ1v) is 40.1. The highest BCUT2D eigenvalue weighted by Gasteiger charge is 2.43. The Morgan fingerprint density at radius 3 is 1.35 bits per heavy atom. The number of benzene rings is 6. The zero-order chi connectivity index (χ0) is 85.8. The van der Waals surface area contributed by atoms with Crippen LogP contribution in [-0.4, -0.2) is 209 Å². The Bertz CT molecular complexity index is 5030. The number of methoxy groups -OCH3 is 4. The number of fused-ring (bicyclic) bond motifs is 2. The van der Waals surface area contributed by atoms with Crippen molar-refractivity contribution >= 4 is 23.6 Å². The second-order valence-corrected chi connectivity index (χ2v) is 28.5. The number of amides is 4. The lowest BCUT2D eigenvalue weighted by Crippen LogP contribution is -2.48. The molecule has 26 heteroatoms. The van der Waals surface area contributed by atoms with E-state index < -0.39 is 0 Å². The monoisotopic (exact) mass is 1640 g/mol. The van der Waals surface area contributed by atoms with Crippen molar-refractivity contribution in [1.82, 2.24) is 34.8 Å². The van der Waals surface area contributed by atoms with Crippen LogP contribution in [0.5, 0.6) is 51.9 Å². The van der Waals surface area contributed by atoms with Crippen LogP contribution in [0.25, 0.3) is 44.8 Å². The van der Waals surface area contributed by atoms with Gasteiger partial charge in [-0.2, -0.15) is 26.0 Å². The summed E-state index contributed by atoms with van der Waals surface area (Å²) in [5.41, 5.74) is 7.84. The molecule has 5 fully saturated rings. The fraction of sp³-hybridized carbons (Fsp3) is 0.347. The van der Waals surface area contributed by atoms with Crippen LogP contribution in [0.2, 0.25) is 0 Å². The number of nitrogens with zero attached hydrogens (tertiary/aromatic N) is 10. The van der Waals surface area contributed by atoms with Crippen LogP contribution in [0, 0.1) is 46.3 Å². The molecule has 7 heterocycles. The van der Waals surface area contributed by atoms with Crippen molar-refractivity contribution in [2.75, 3.05) is 114 Å². The normalized spacial score (nSPS) is 16.0. The van der Waals surface area contributed by atoms with Crippen molar-refractivity contribution in [3.8, 4) is 127 Å². The third-order valence-corrected chi connectivity index (χ3v) is 20.8. The number of terminal acetylenes is 1. The van der Waals surface area contributed by atoms with Crippen LogP contribution in [0.3, 0.4) is 0 Å². The molecule has 628 valence electrons. The standard InChI is InChI=1S/C31H36N2O7.C24H24N2O3.C21H21N3O3.C19H21N3O3/c1-4-13-36-14-15-37-16-17-38-18-19-39-29-8-6-7-28(31(29)35-3)25-20-24(23-32)21-27(22-25)40-26-9-11-33(12-10-26)30(34)5-2;1-3-24(27)26-18-8-9-19(26)14-21(13-18)29-20-11-16(15-25)10-17(12-20)22-6-4-5-7-23(22)28-2;1-3-21(25)24-10-8-16(9-11-24)27-20-13-15(14-22)12-18(23-20)17-6-4-5-7-19(17)26-2;1-3-19(23)22-10-8-14(9-11-22)25-15-12-17(21-20-13-15)16-6-4-5-7-18(16)24-2/h1,5-8,20-22,26H,2,9-19H2,3H3;3-7,10-12,18-19,21H,1,8-9,13-14H2,2H3;3-7,12-13,16H,1,8-11H2,2H3;3-7,12-14H,1,8-11H2,2H3. The number of para-hydroxylation sites is 4. The van der Waals surface area contributed by atoms with Crippen LogP contribution in [-0.2, 0) is 33.4 Å². The lowest BCUT2D eigenvalue weighted by Gasteiger charge is -2.38. The fourth-order valence-electron chi connectivity index (χ4n) is 14.9. The Balaban J connectivity index is 0.000000172. The van der Waals surface area contributed by atoms with E-state index >= 15 is 0 Å². The lowest BCUT2D eigenvalue weighted by molar-refractivity contribution is -0.132. The molecule has 4 amide bonds. The maximum absolute atomic E-state index is 12.2. The highest BCUT2D eigenvalue weighted by molar-refractivity contribution is 5.89. The average Bonchev–Trinajstić information content (AvgIpc) is 1.70. The molecule has 2 atom stereocenters. The van der Waals surface area contributed by atoms with Gasteiger partial charge in [0.05, 0.1) is 108 Å². The quantitative estimate of drug-likeness (QED) is 0.0221. The van der Waals surface area contributed by atoms with Gasteiger partial charge in [-0.25, -0.2) is 4.98 Å². The summed E-state index contributed by atoms with van der Waals surface area (Å²) in [6, 6.07) is 51.8. The molecular formula is C95H102N10O16. The van der Waals surface area contributed by atoms with E-state index in [1.54, 1.807) is 79.7 Å². The van der Waals surface area contributed by atoms with Gasteiger partial charge >= 0.3 is 0 Å². The number of aromatic nitrogens is 3. The summed E-state index contributed by atoms with van der Waals surface area (Å²) in [5, 5.41) is 36.8. The topological polar surface area (TPSA) is 302 Å². The van der Waals surface area contributed by atoms with Gasteiger partial charge in [0.25, 0.3) is 0 Å². The van der Waals surface area contributed by atoms with E-state index in [2.05, 4.69) is 65.6 Å². The minimum atomic E-state index is -0.0691. The molecule has 0 spiro atoms. The van der Waals surface area contributed by atoms with Gasteiger partial charge < -0.3 is 76.4 Å². The number of ether oxygens (including phenoxy) is 12. The summed E-state index contributed by atoms with van der Waals surface area (Å²) in [6.45, 7) is 20.8. The van der Waals surface area contributed by atoms with Crippen LogP contribution in [0.15, 0.2) is 202 Å². The summed E-state index contributed by atoms with van der Waals surface area (Å²) in [4.78, 5) is 59.2. The zero-order valence-electron chi connectivity index (χ0n) is 68.9. The molecule has 26 nitrogen and oxygen atoms in total. The van der Waals surface area contributed by atoms with E-state index in [4.69, 9.17) is 63.3 Å². The van der Waals surface area contributed by atoms with Crippen molar-refractivity contribution in [1.29, 1.82) is 15.8 Å². The molecule has 5 saturated heterocycles. The molecule has 121 heavy (non-hydrogen) atoms. The van der Waals surface area contributed by atoms with Gasteiger partial charge in [-0.05, 0) is 127 Å². The molecule has 0 saturated carbocycles. The van der Waals surface area contributed by atoms with E-state index in [1.165, 1.54) is 24.3 Å². The van der Waals surface area contributed by atoms with E-state index in [9.17, 15) is 35.0 Å². The maximum Gasteiger partial charge on any atom is 0.246 e. The summed E-state index contributed by atoms with van der Waals surface area (Å²) in [6.07, 6.45) is 20.1. The number of carbonyl (C=O) groups is 4. The summed E-state index contributed by atoms with van der Waals surface area (Å²) in [5.74, 6) is 7.90. The van der Waals surface area contributed by atoms with Gasteiger partial charge in [-0.15, -0.1) is 6.42 Å². The molecule has 0 N–H and O–H groups in total. The van der Waals surface area contributed by atoms with Crippen LogP contribution < -0.4 is 42.6 Å². The third-order valence-electron chi connectivity index (χ3n) is 20.8. The predicted octanol–water partition coefficient (Wildman–Crippen LogP) is 14.1. The second kappa shape index (κ2) is 46.6. The Morgan fingerprint density at radius 2 is 0.860 bits per heavy atom. The number of rotatable bonds is 31. The molecule has 8 aromatic rings. The van der Waals surface area contributed by atoms with Gasteiger partial charge in [0.2, 0.25) is 29.5 Å². The Labute approximate surface area is 707 Å². The van der Waals surface area contributed by atoms with Gasteiger partial charge in [0.15, 0.2) is 11.5 Å². The second-order valence-electron chi connectivity index (χ2n) is 28.5. The molecule has 0 radical (unpaired) electrons. The van der Waals surface area contributed by atoms with Crippen molar-refractivity contribution < 1.29 is 76.0 Å². The number of nitriles is 3. The lowest BCUT2D eigenvalue weighted by atomic mass is 9.99. The smallest absolute Gasteiger partial charge is 0.246 e. The van der Waals surface area contributed by atoms with E-state index in [0.29, 0.717) is 173 Å². The van der Waals surface area contributed by atoms with Gasteiger partial charge in [0, 0.05) is 137 Å². The first-order valence-electron chi connectivity index (χ1n) is 40.1. The molecule has 5 aliphatic heterocycles. The van der Waals surface area contributed by atoms with Gasteiger partial charge in [0.1, 0.15) is 77.8 Å². The summed E-state index contributed by atoms with van der Waals surface area (Å²) in [7, 11) is 6.45. The third kappa shape index (κ3) is 25.5. The van der Waals surface area contributed by atoms with Crippen molar-refractivity contribution in [3.05, 3.63) is 219 Å². The first kappa shape index (κ1) is 89.8. The Kier molecular flexibility index (Phi) is 34.6. The molecule has 2 aromatic heterocycles. The number of pyridine rings is 1. The number of hydrogen-bond acceptors (Lipinski definition) is 22. The van der Waals surface area contributed by atoms with Crippen LogP contribution in [0.1, 0.15) is 80.9 Å². The van der Waals surface area contributed by atoms with Crippen molar-refractivity contribution in [2.45, 2.75) is 101 Å².